The van der Waals surface area contributed by atoms with Gasteiger partial charge in [0.2, 0.25) is 0 Å². The summed E-state index contributed by atoms with van der Waals surface area (Å²) < 4.78 is 16.7. The Morgan fingerprint density at radius 1 is 1.10 bits per heavy atom. The summed E-state index contributed by atoms with van der Waals surface area (Å²) in [5, 5.41) is 3.22. The van der Waals surface area contributed by atoms with Crippen LogP contribution < -0.4 is 20.4 Å². The van der Waals surface area contributed by atoms with Crippen LogP contribution in [0.5, 0.6) is 11.5 Å². The van der Waals surface area contributed by atoms with Crippen molar-refractivity contribution < 1.29 is 23.5 Å². The molecular weight excluding hydrogens is 454 g/mol. The van der Waals surface area contributed by atoms with Gasteiger partial charge in [0.05, 0.1) is 0 Å². The Bertz CT molecular complexity index is 1140. The molecule has 8 heteroatoms. The lowest BCUT2D eigenvalue weighted by Crippen LogP contribution is -2.31. The van der Waals surface area contributed by atoms with Crippen molar-refractivity contribution in [2.75, 3.05) is 13.2 Å². The molecule has 0 radical (unpaired) electrons. The lowest BCUT2D eigenvalue weighted by molar-refractivity contribution is -0.136. The standard InChI is InChI=1S/C22H20BrNO6/c1-13(2)11-24-21(26)18-8-14-6-7-17(10-19(14)30-22(18)27)29-20(25)12-28-16-5-3-4-15(23)9-16/h3-10,13H,11-12H2,1-2H3,(H,24,26). The zero-order valence-corrected chi connectivity index (χ0v) is 18.0. The van der Waals surface area contributed by atoms with Crippen molar-refractivity contribution in [1.29, 1.82) is 0 Å². The largest absolute Gasteiger partial charge is 0.482 e. The fourth-order valence-corrected chi connectivity index (χ4v) is 2.94. The molecule has 0 spiro atoms. The second-order valence-electron chi connectivity index (χ2n) is 6.97. The molecule has 0 saturated carbocycles. The van der Waals surface area contributed by atoms with Crippen molar-refractivity contribution in [2.24, 2.45) is 5.92 Å². The average Bonchev–Trinajstić information content (AvgIpc) is 2.70. The zero-order chi connectivity index (χ0) is 21.7. The number of hydrogen-bond acceptors (Lipinski definition) is 6. The monoisotopic (exact) mass is 473 g/mol. The van der Waals surface area contributed by atoms with Gasteiger partial charge in [0.1, 0.15) is 22.6 Å². The van der Waals surface area contributed by atoms with Gasteiger partial charge in [0, 0.05) is 22.5 Å². The van der Waals surface area contributed by atoms with Gasteiger partial charge in [-0.15, -0.1) is 0 Å². The van der Waals surface area contributed by atoms with Gasteiger partial charge in [-0.05, 0) is 42.3 Å². The second-order valence-corrected chi connectivity index (χ2v) is 7.89. The molecule has 0 unspecified atom stereocenters. The third-order valence-corrected chi connectivity index (χ3v) is 4.50. The highest BCUT2D eigenvalue weighted by molar-refractivity contribution is 9.10. The Morgan fingerprint density at radius 2 is 1.90 bits per heavy atom. The minimum atomic E-state index is -0.759. The lowest BCUT2D eigenvalue weighted by Gasteiger charge is -2.09. The highest BCUT2D eigenvalue weighted by atomic mass is 79.9. The number of halogens is 1. The van der Waals surface area contributed by atoms with Crippen LogP contribution in [0.25, 0.3) is 11.0 Å². The van der Waals surface area contributed by atoms with Gasteiger partial charge in [-0.25, -0.2) is 9.59 Å². The first-order valence-electron chi connectivity index (χ1n) is 9.27. The first kappa shape index (κ1) is 21.6. The Balaban J connectivity index is 1.69. The number of carbonyl (C=O) groups excluding carboxylic acids is 2. The van der Waals surface area contributed by atoms with Crippen molar-refractivity contribution >= 4 is 38.8 Å². The van der Waals surface area contributed by atoms with E-state index in [0.29, 0.717) is 17.7 Å². The molecule has 156 valence electrons. The molecule has 7 nitrogen and oxygen atoms in total. The van der Waals surface area contributed by atoms with Crippen molar-refractivity contribution in [2.45, 2.75) is 13.8 Å². The Hall–Kier alpha value is -3.13. The molecule has 1 aromatic heterocycles. The van der Waals surface area contributed by atoms with E-state index in [1.165, 1.54) is 12.1 Å². The Morgan fingerprint density at radius 3 is 2.63 bits per heavy atom. The predicted octanol–water partition coefficient (Wildman–Crippen LogP) is 3.93. The first-order valence-corrected chi connectivity index (χ1v) is 10.1. The lowest BCUT2D eigenvalue weighted by atomic mass is 10.1. The first-order chi connectivity index (χ1) is 14.3. The van der Waals surface area contributed by atoms with Gasteiger partial charge in [0.25, 0.3) is 5.91 Å². The normalized spacial score (nSPS) is 10.8. The number of nitrogens with one attached hydrogen (secondary N) is 1. The molecule has 2 aromatic carbocycles. The summed E-state index contributed by atoms with van der Waals surface area (Å²) >= 11 is 3.32. The van der Waals surface area contributed by atoms with Gasteiger partial charge >= 0.3 is 11.6 Å². The smallest absolute Gasteiger partial charge is 0.349 e. The van der Waals surface area contributed by atoms with Gasteiger partial charge in [0.15, 0.2) is 6.61 Å². The summed E-state index contributed by atoms with van der Waals surface area (Å²) in [5.41, 5.74) is -0.626. The zero-order valence-electron chi connectivity index (χ0n) is 16.4. The van der Waals surface area contributed by atoms with Crippen molar-refractivity contribution in [1.82, 2.24) is 5.32 Å². The number of carbonyl (C=O) groups is 2. The molecule has 0 aliphatic carbocycles. The van der Waals surface area contributed by atoms with Crippen LogP contribution in [0.2, 0.25) is 0 Å². The predicted molar refractivity (Wildman–Crippen MR) is 115 cm³/mol. The van der Waals surface area contributed by atoms with Crippen LogP contribution in [-0.2, 0) is 4.79 Å². The van der Waals surface area contributed by atoms with Crippen LogP contribution in [-0.4, -0.2) is 25.0 Å². The van der Waals surface area contributed by atoms with Crippen LogP contribution in [0.4, 0.5) is 0 Å². The molecule has 3 rings (SSSR count). The number of benzene rings is 2. The molecule has 0 bridgehead atoms. The summed E-state index contributed by atoms with van der Waals surface area (Å²) in [6.07, 6.45) is 0. The Kier molecular flexibility index (Phi) is 6.89. The average molecular weight is 474 g/mol. The molecule has 0 fully saturated rings. The molecule has 3 aromatic rings. The molecule has 0 atom stereocenters. The molecule has 1 amide bonds. The molecule has 1 N–H and O–H groups in total. The molecule has 0 aliphatic heterocycles. The maximum absolute atomic E-state index is 12.2. The summed E-state index contributed by atoms with van der Waals surface area (Å²) in [4.78, 5) is 36.4. The minimum absolute atomic E-state index is 0.0738. The third-order valence-electron chi connectivity index (χ3n) is 4.01. The number of esters is 1. The highest BCUT2D eigenvalue weighted by Crippen LogP contribution is 2.21. The van der Waals surface area contributed by atoms with Crippen LogP contribution in [0.15, 0.2) is 62.2 Å². The van der Waals surface area contributed by atoms with E-state index in [-0.39, 0.29) is 29.4 Å². The second kappa shape index (κ2) is 9.58. The van der Waals surface area contributed by atoms with Crippen molar-refractivity contribution in [3.63, 3.8) is 0 Å². The fraction of sp³-hybridized carbons (Fsp3) is 0.227. The minimum Gasteiger partial charge on any atom is -0.482 e. The maximum atomic E-state index is 12.2. The topological polar surface area (TPSA) is 94.8 Å². The van der Waals surface area contributed by atoms with Gasteiger partial charge in [-0.3, -0.25) is 4.79 Å². The molecular formula is C22H20BrNO6. The van der Waals surface area contributed by atoms with Gasteiger partial charge < -0.3 is 19.2 Å². The summed E-state index contributed by atoms with van der Waals surface area (Å²) in [6, 6.07) is 13.1. The quantitative estimate of drug-likeness (QED) is 0.317. The van der Waals surface area contributed by atoms with E-state index in [1.807, 2.05) is 19.9 Å². The number of amides is 1. The van der Waals surface area contributed by atoms with E-state index in [2.05, 4.69) is 21.2 Å². The Labute approximate surface area is 181 Å². The number of fused-ring (bicyclic) bond motifs is 1. The van der Waals surface area contributed by atoms with Crippen LogP contribution in [0.1, 0.15) is 24.2 Å². The molecule has 30 heavy (non-hydrogen) atoms. The summed E-state index contributed by atoms with van der Waals surface area (Å²) in [7, 11) is 0. The van der Waals surface area contributed by atoms with E-state index in [1.54, 1.807) is 30.3 Å². The van der Waals surface area contributed by atoms with E-state index < -0.39 is 17.5 Å². The summed E-state index contributed by atoms with van der Waals surface area (Å²) in [5.74, 6) is -0.119. The highest BCUT2D eigenvalue weighted by Gasteiger charge is 2.15. The van der Waals surface area contributed by atoms with Crippen molar-refractivity contribution in [3.8, 4) is 11.5 Å². The molecule has 0 saturated heterocycles. The number of hydrogen-bond donors (Lipinski definition) is 1. The van der Waals surface area contributed by atoms with E-state index >= 15 is 0 Å². The SMILES string of the molecule is CC(C)CNC(=O)c1cc2ccc(OC(=O)COc3cccc(Br)c3)cc2oc1=O. The van der Waals surface area contributed by atoms with Crippen molar-refractivity contribution in [3.05, 3.63) is 69.0 Å². The third kappa shape index (κ3) is 5.70. The summed E-state index contributed by atoms with van der Waals surface area (Å²) in [6.45, 7) is 4.08. The van der Waals surface area contributed by atoms with E-state index in [4.69, 9.17) is 13.9 Å². The van der Waals surface area contributed by atoms with Crippen LogP contribution >= 0.6 is 15.9 Å². The van der Waals surface area contributed by atoms with E-state index in [9.17, 15) is 14.4 Å². The molecule has 0 aliphatic rings. The van der Waals surface area contributed by atoms with Crippen LogP contribution in [0, 0.1) is 5.92 Å². The maximum Gasteiger partial charge on any atom is 0.349 e. The fourth-order valence-electron chi connectivity index (χ4n) is 2.57. The molecule has 1 heterocycles. The van der Waals surface area contributed by atoms with Gasteiger partial charge in [-0.2, -0.15) is 0 Å². The number of ether oxygens (including phenoxy) is 2. The van der Waals surface area contributed by atoms with Gasteiger partial charge in [-0.1, -0.05) is 35.8 Å². The number of rotatable bonds is 7. The van der Waals surface area contributed by atoms with E-state index in [0.717, 1.165) is 4.47 Å². The van der Waals surface area contributed by atoms with Crippen LogP contribution in [0.3, 0.4) is 0 Å².